The summed E-state index contributed by atoms with van der Waals surface area (Å²) < 4.78 is 34.5. The summed E-state index contributed by atoms with van der Waals surface area (Å²) in [6, 6.07) is 20.1. The minimum Gasteiger partial charge on any atom is -0.482 e. The van der Waals surface area contributed by atoms with Crippen LogP contribution in [0.15, 0.2) is 71.6 Å². The Kier molecular flexibility index (Phi) is 6.81. The Morgan fingerprint density at radius 1 is 1.06 bits per heavy atom. The van der Waals surface area contributed by atoms with E-state index in [2.05, 4.69) is 23.8 Å². The van der Waals surface area contributed by atoms with E-state index in [4.69, 9.17) is 9.84 Å². The molecule has 0 bridgehead atoms. The van der Waals surface area contributed by atoms with Crippen molar-refractivity contribution < 1.29 is 23.1 Å². The topological polar surface area (TPSA) is 92.7 Å². The van der Waals surface area contributed by atoms with Gasteiger partial charge < -0.3 is 9.84 Å². The number of sulfonamides is 1. The van der Waals surface area contributed by atoms with Crippen LogP contribution < -0.4 is 9.46 Å². The first-order chi connectivity index (χ1) is 15.9. The highest BCUT2D eigenvalue weighted by Gasteiger charge is 2.27. The zero-order valence-corrected chi connectivity index (χ0v) is 19.3. The Balaban J connectivity index is 1.55. The predicted octanol–water partition coefficient (Wildman–Crippen LogP) is 4.74. The highest BCUT2D eigenvalue weighted by atomic mass is 32.2. The summed E-state index contributed by atoms with van der Waals surface area (Å²) in [5, 5.41) is 8.91. The van der Waals surface area contributed by atoms with Crippen molar-refractivity contribution in [3.8, 4) is 16.9 Å². The molecule has 3 aromatic carbocycles. The number of rotatable bonds is 8. The molecular formula is C26H27NO5S. The maximum absolute atomic E-state index is 13.1. The number of nitrogens with one attached hydrogen (secondary N) is 1. The van der Waals surface area contributed by atoms with Crippen molar-refractivity contribution in [2.24, 2.45) is 0 Å². The lowest BCUT2D eigenvalue weighted by Gasteiger charge is -2.27. The molecule has 0 heterocycles. The zero-order chi connectivity index (χ0) is 23.4. The number of hydrogen-bond acceptors (Lipinski definition) is 4. The second-order valence-electron chi connectivity index (χ2n) is 8.15. The molecule has 1 aliphatic carbocycles. The lowest BCUT2D eigenvalue weighted by Crippen LogP contribution is -2.31. The molecule has 0 fully saturated rings. The third-order valence-electron chi connectivity index (χ3n) is 5.95. The van der Waals surface area contributed by atoms with Gasteiger partial charge in [0.15, 0.2) is 6.61 Å². The number of carboxylic acids is 1. The average Bonchev–Trinajstić information content (AvgIpc) is 2.83. The van der Waals surface area contributed by atoms with E-state index in [-0.39, 0.29) is 4.90 Å². The summed E-state index contributed by atoms with van der Waals surface area (Å²) in [5.41, 5.74) is 4.95. The normalized spacial score (nSPS) is 15.6. The third-order valence-corrected chi connectivity index (χ3v) is 7.43. The highest BCUT2D eigenvalue weighted by molar-refractivity contribution is 7.89. The van der Waals surface area contributed by atoms with Crippen molar-refractivity contribution in [2.45, 2.75) is 43.5 Å². The van der Waals surface area contributed by atoms with Gasteiger partial charge in [-0.25, -0.2) is 17.9 Å². The van der Waals surface area contributed by atoms with Gasteiger partial charge in [-0.1, -0.05) is 55.5 Å². The van der Waals surface area contributed by atoms with Gasteiger partial charge >= 0.3 is 5.97 Å². The molecule has 7 heteroatoms. The molecule has 0 saturated heterocycles. The molecule has 0 amide bonds. The van der Waals surface area contributed by atoms with Gasteiger partial charge in [0.2, 0.25) is 10.0 Å². The Labute approximate surface area is 194 Å². The van der Waals surface area contributed by atoms with Crippen molar-refractivity contribution in [3.05, 3.63) is 83.4 Å². The van der Waals surface area contributed by atoms with E-state index in [9.17, 15) is 13.2 Å². The number of aryl methyl sites for hydroxylation is 1. The van der Waals surface area contributed by atoms with Crippen molar-refractivity contribution in [2.75, 3.05) is 6.61 Å². The van der Waals surface area contributed by atoms with E-state index in [1.165, 1.54) is 5.56 Å². The molecule has 0 radical (unpaired) electrons. The van der Waals surface area contributed by atoms with Crippen molar-refractivity contribution >= 4 is 16.0 Å². The van der Waals surface area contributed by atoms with Gasteiger partial charge in [0.25, 0.3) is 0 Å². The number of hydrogen-bond donors (Lipinski definition) is 2. The van der Waals surface area contributed by atoms with Crippen LogP contribution in [0.5, 0.6) is 5.75 Å². The lowest BCUT2D eigenvalue weighted by atomic mass is 9.87. The quantitative estimate of drug-likeness (QED) is 0.501. The van der Waals surface area contributed by atoms with E-state index in [1.807, 2.05) is 30.3 Å². The largest absolute Gasteiger partial charge is 0.482 e. The molecule has 172 valence electrons. The summed E-state index contributed by atoms with van der Waals surface area (Å²) in [6.07, 6.45) is 3.10. The number of carbonyl (C=O) groups is 1. The molecule has 3 aromatic rings. The van der Waals surface area contributed by atoms with Gasteiger partial charge in [-0.05, 0) is 71.7 Å². The monoisotopic (exact) mass is 465 g/mol. The minimum atomic E-state index is -3.74. The smallest absolute Gasteiger partial charge is 0.341 e. The van der Waals surface area contributed by atoms with Crippen LogP contribution in [-0.4, -0.2) is 26.1 Å². The van der Waals surface area contributed by atoms with Crippen LogP contribution in [0.2, 0.25) is 0 Å². The fraction of sp³-hybridized carbons (Fsp3) is 0.269. The van der Waals surface area contributed by atoms with Crippen LogP contribution in [-0.2, 0) is 27.7 Å². The molecule has 33 heavy (non-hydrogen) atoms. The molecule has 6 nitrogen and oxygen atoms in total. The molecule has 0 saturated carbocycles. The summed E-state index contributed by atoms with van der Waals surface area (Å²) in [7, 11) is -3.74. The molecule has 4 rings (SSSR count). The fourth-order valence-electron chi connectivity index (χ4n) is 4.26. The summed E-state index contributed by atoms with van der Waals surface area (Å²) in [4.78, 5) is 11.1. The first-order valence-electron chi connectivity index (χ1n) is 11.1. The third kappa shape index (κ3) is 5.26. The van der Waals surface area contributed by atoms with Crippen LogP contribution in [0.25, 0.3) is 11.1 Å². The molecule has 1 atom stereocenters. The first kappa shape index (κ1) is 23.0. The number of aliphatic carboxylic acids is 1. The number of benzene rings is 3. The first-order valence-corrected chi connectivity index (χ1v) is 12.5. The molecule has 2 N–H and O–H groups in total. The van der Waals surface area contributed by atoms with Crippen molar-refractivity contribution in [3.63, 3.8) is 0 Å². The average molecular weight is 466 g/mol. The van der Waals surface area contributed by atoms with Crippen LogP contribution in [0.3, 0.4) is 0 Å². The van der Waals surface area contributed by atoms with Crippen molar-refractivity contribution in [1.82, 2.24) is 4.72 Å². The fourth-order valence-corrected chi connectivity index (χ4v) is 5.51. The number of ether oxygens (including phenoxy) is 1. The SMILES string of the molecule is CCc1cccc(-c2ccc(S(=O)(=O)N[C@@H]3CCCc4c(OCC(=O)O)cccc43)cc2)c1. The van der Waals surface area contributed by atoms with E-state index in [0.29, 0.717) is 12.2 Å². The van der Waals surface area contributed by atoms with Crippen LogP contribution in [0.4, 0.5) is 0 Å². The maximum Gasteiger partial charge on any atom is 0.341 e. The summed E-state index contributed by atoms with van der Waals surface area (Å²) in [6.45, 7) is 1.67. The Morgan fingerprint density at radius 3 is 2.55 bits per heavy atom. The van der Waals surface area contributed by atoms with E-state index >= 15 is 0 Å². The molecule has 0 aromatic heterocycles. The van der Waals surface area contributed by atoms with Gasteiger partial charge in [-0.2, -0.15) is 0 Å². The molecule has 0 unspecified atom stereocenters. The highest BCUT2D eigenvalue weighted by Crippen LogP contribution is 2.36. The predicted molar refractivity (Wildman–Crippen MR) is 127 cm³/mol. The lowest BCUT2D eigenvalue weighted by molar-refractivity contribution is -0.139. The second-order valence-corrected chi connectivity index (χ2v) is 9.86. The van der Waals surface area contributed by atoms with E-state index in [0.717, 1.165) is 41.5 Å². The molecule has 0 spiro atoms. The molecule has 0 aliphatic heterocycles. The summed E-state index contributed by atoms with van der Waals surface area (Å²) >= 11 is 0. The maximum atomic E-state index is 13.1. The Morgan fingerprint density at radius 2 is 1.82 bits per heavy atom. The van der Waals surface area contributed by atoms with Gasteiger partial charge in [-0.3, -0.25) is 0 Å². The summed E-state index contributed by atoms with van der Waals surface area (Å²) in [5.74, 6) is -0.553. The molecule has 1 aliphatic rings. The van der Waals surface area contributed by atoms with Gasteiger partial charge in [0.1, 0.15) is 5.75 Å². The Bertz CT molecular complexity index is 1250. The van der Waals surface area contributed by atoms with Crippen LogP contribution in [0, 0.1) is 0 Å². The van der Waals surface area contributed by atoms with Gasteiger partial charge in [0, 0.05) is 6.04 Å². The van der Waals surface area contributed by atoms with Gasteiger partial charge in [-0.15, -0.1) is 0 Å². The van der Waals surface area contributed by atoms with Crippen molar-refractivity contribution in [1.29, 1.82) is 0 Å². The standard InChI is InChI=1S/C26H27NO5S/c1-2-18-6-3-7-20(16-18)19-12-14-21(15-13-19)33(30,31)27-24-10-4-9-23-22(24)8-5-11-25(23)32-17-26(28)29/h3,5-8,11-16,24,27H,2,4,9-10,17H2,1H3,(H,28,29)/t24-/m1/s1. The second kappa shape index (κ2) is 9.77. The van der Waals surface area contributed by atoms with E-state index in [1.54, 1.807) is 24.3 Å². The van der Waals surface area contributed by atoms with Gasteiger partial charge in [0.05, 0.1) is 4.90 Å². The van der Waals surface area contributed by atoms with Crippen LogP contribution in [0.1, 0.15) is 42.5 Å². The number of carboxylic acid groups (broad SMARTS) is 1. The zero-order valence-electron chi connectivity index (χ0n) is 18.5. The van der Waals surface area contributed by atoms with Crippen LogP contribution >= 0.6 is 0 Å². The molecular weight excluding hydrogens is 438 g/mol. The van der Waals surface area contributed by atoms with E-state index < -0.39 is 28.6 Å². The Hall–Kier alpha value is -3.16. The number of fused-ring (bicyclic) bond motifs is 1. The minimum absolute atomic E-state index is 0.211.